The summed E-state index contributed by atoms with van der Waals surface area (Å²) < 4.78 is 21.3. The molecule has 0 aliphatic heterocycles. The van der Waals surface area contributed by atoms with E-state index in [1.165, 1.54) is 6.07 Å². The van der Waals surface area contributed by atoms with Crippen LogP contribution in [0.5, 0.6) is 0 Å². The van der Waals surface area contributed by atoms with E-state index < -0.39 is 40.0 Å². The summed E-state index contributed by atoms with van der Waals surface area (Å²) in [4.78, 5) is 54.0. The standard InChI is InChI=1S/C32H53N7O9/c1-30(2,3)45-27(40)33-17-13-21-37(28(41)46-31(4,5)6)19-11-12-20-38(29(42)47-32(7,8)9)22-14-18-36(10)23-15-16-24(39(43)44)26-25(23)34-48-35-26/h15-16H,11-14,17-22H2,1-10H3,(H,33,40). The molecule has 16 heteroatoms. The highest BCUT2D eigenvalue weighted by Gasteiger charge is 2.25. The molecule has 2 rings (SSSR count). The van der Waals surface area contributed by atoms with Gasteiger partial charge in [-0.05, 0) is 104 Å². The summed E-state index contributed by atoms with van der Waals surface area (Å²) in [6, 6.07) is 2.96. The van der Waals surface area contributed by atoms with Gasteiger partial charge in [-0.3, -0.25) is 10.1 Å². The first-order valence-electron chi connectivity index (χ1n) is 16.2. The average molecular weight is 680 g/mol. The number of non-ortho nitro benzene ring substituents is 1. The number of rotatable bonds is 15. The minimum atomic E-state index is -0.683. The molecule has 270 valence electrons. The summed E-state index contributed by atoms with van der Waals surface area (Å²) in [5.74, 6) is 0. The molecule has 0 saturated carbocycles. The number of anilines is 1. The molecule has 2 aromatic rings. The second kappa shape index (κ2) is 17.2. The quantitative estimate of drug-likeness (QED) is 0.0985. The van der Waals surface area contributed by atoms with Crippen LogP contribution in [0.4, 0.5) is 25.8 Å². The van der Waals surface area contributed by atoms with E-state index in [-0.39, 0.29) is 16.7 Å². The van der Waals surface area contributed by atoms with Crippen LogP contribution in [-0.2, 0) is 14.2 Å². The number of ether oxygens (including phenoxy) is 3. The van der Waals surface area contributed by atoms with Gasteiger partial charge in [0.05, 0.1) is 10.6 Å². The van der Waals surface area contributed by atoms with Gasteiger partial charge in [0.15, 0.2) is 5.52 Å². The Labute approximate surface area is 282 Å². The van der Waals surface area contributed by atoms with Gasteiger partial charge in [-0.15, -0.1) is 0 Å². The molecule has 0 unspecified atom stereocenters. The highest BCUT2D eigenvalue weighted by molar-refractivity contribution is 5.93. The molecule has 48 heavy (non-hydrogen) atoms. The predicted octanol–water partition coefficient (Wildman–Crippen LogP) is 6.13. The van der Waals surface area contributed by atoms with Gasteiger partial charge in [0.2, 0.25) is 5.52 Å². The number of alkyl carbamates (subject to hydrolysis) is 1. The van der Waals surface area contributed by atoms with Gasteiger partial charge in [0, 0.05) is 52.4 Å². The summed E-state index contributed by atoms with van der Waals surface area (Å²) >= 11 is 0. The number of nitro benzene ring substituents is 1. The fraction of sp³-hybridized carbons (Fsp3) is 0.719. The van der Waals surface area contributed by atoms with E-state index in [0.29, 0.717) is 70.6 Å². The summed E-state index contributed by atoms with van der Waals surface area (Å²) in [5, 5.41) is 21.6. The van der Waals surface area contributed by atoms with Crippen LogP contribution in [0.1, 0.15) is 88.0 Å². The Kier molecular flexibility index (Phi) is 14.2. The highest BCUT2D eigenvalue weighted by Crippen LogP contribution is 2.30. The second-order valence-corrected chi connectivity index (χ2v) is 14.5. The zero-order chi connectivity index (χ0) is 36.3. The Morgan fingerprint density at radius 3 is 1.73 bits per heavy atom. The summed E-state index contributed by atoms with van der Waals surface area (Å²) in [6.07, 6.45) is 0.845. The number of carbonyl (C=O) groups is 3. The molecule has 1 aromatic carbocycles. The largest absolute Gasteiger partial charge is 0.444 e. The van der Waals surface area contributed by atoms with Crippen molar-refractivity contribution in [3.05, 3.63) is 22.2 Å². The Hall–Kier alpha value is -4.37. The van der Waals surface area contributed by atoms with Gasteiger partial charge in [0.25, 0.3) is 0 Å². The first-order chi connectivity index (χ1) is 22.2. The van der Waals surface area contributed by atoms with Crippen molar-refractivity contribution in [1.29, 1.82) is 0 Å². The first-order valence-corrected chi connectivity index (χ1v) is 16.2. The summed E-state index contributed by atoms with van der Waals surface area (Å²) in [7, 11) is 1.82. The fourth-order valence-electron chi connectivity index (χ4n) is 4.54. The third-order valence-corrected chi connectivity index (χ3v) is 6.58. The fourth-order valence-corrected chi connectivity index (χ4v) is 4.54. The lowest BCUT2D eigenvalue weighted by Crippen LogP contribution is -2.40. The molecule has 0 fully saturated rings. The van der Waals surface area contributed by atoms with E-state index >= 15 is 0 Å². The van der Waals surface area contributed by atoms with Crippen LogP contribution in [0, 0.1) is 10.1 Å². The summed E-state index contributed by atoms with van der Waals surface area (Å²) in [5.41, 5.74) is -1.19. The predicted molar refractivity (Wildman–Crippen MR) is 180 cm³/mol. The van der Waals surface area contributed by atoms with Gasteiger partial charge in [-0.25, -0.2) is 19.0 Å². The maximum Gasteiger partial charge on any atom is 0.410 e. The Morgan fingerprint density at radius 1 is 0.750 bits per heavy atom. The molecule has 0 saturated heterocycles. The van der Waals surface area contributed by atoms with Gasteiger partial charge >= 0.3 is 24.0 Å². The van der Waals surface area contributed by atoms with Crippen molar-refractivity contribution in [1.82, 2.24) is 25.4 Å². The molecule has 0 atom stereocenters. The lowest BCUT2D eigenvalue weighted by molar-refractivity contribution is -0.383. The van der Waals surface area contributed by atoms with E-state index in [4.69, 9.17) is 18.8 Å². The number of hydrogen-bond donors (Lipinski definition) is 1. The maximum atomic E-state index is 13.1. The Bertz CT molecular complexity index is 1380. The van der Waals surface area contributed by atoms with Crippen molar-refractivity contribution >= 4 is 40.7 Å². The van der Waals surface area contributed by atoms with E-state index in [1.807, 2.05) is 11.9 Å². The third-order valence-electron chi connectivity index (χ3n) is 6.58. The number of aromatic nitrogens is 2. The molecule has 16 nitrogen and oxygen atoms in total. The second-order valence-electron chi connectivity index (χ2n) is 14.5. The van der Waals surface area contributed by atoms with Gasteiger partial charge in [-0.2, -0.15) is 0 Å². The molecule has 0 spiro atoms. The van der Waals surface area contributed by atoms with Crippen molar-refractivity contribution in [2.24, 2.45) is 0 Å². The van der Waals surface area contributed by atoms with Crippen molar-refractivity contribution in [2.75, 3.05) is 51.2 Å². The van der Waals surface area contributed by atoms with Crippen LogP contribution in [0.3, 0.4) is 0 Å². The number of fused-ring (bicyclic) bond motifs is 1. The van der Waals surface area contributed by atoms with Crippen LogP contribution < -0.4 is 10.2 Å². The molecule has 1 heterocycles. The minimum Gasteiger partial charge on any atom is -0.444 e. The number of benzene rings is 1. The monoisotopic (exact) mass is 679 g/mol. The van der Waals surface area contributed by atoms with Crippen molar-refractivity contribution < 1.29 is 38.1 Å². The molecular weight excluding hydrogens is 626 g/mol. The smallest absolute Gasteiger partial charge is 0.410 e. The van der Waals surface area contributed by atoms with E-state index in [0.717, 1.165) is 0 Å². The van der Waals surface area contributed by atoms with Crippen molar-refractivity contribution in [3.8, 4) is 0 Å². The maximum absolute atomic E-state index is 13.1. The number of amides is 3. The van der Waals surface area contributed by atoms with Gasteiger partial charge < -0.3 is 34.2 Å². The highest BCUT2D eigenvalue weighted by atomic mass is 16.6. The van der Waals surface area contributed by atoms with Crippen LogP contribution in [-0.4, -0.2) is 106 Å². The third kappa shape index (κ3) is 14.2. The Balaban J connectivity index is 1.99. The molecular formula is C32H53N7O9. The Morgan fingerprint density at radius 2 is 1.23 bits per heavy atom. The molecule has 0 aliphatic carbocycles. The first kappa shape index (κ1) is 39.8. The van der Waals surface area contributed by atoms with Crippen LogP contribution in [0.25, 0.3) is 11.0 Å². The lowest BCUT2D eigenvalue weighted by Gasteiger charge is -2.29. The average Bonchev–Trinajstić information content (AvgIpc) is 3.41. The zero-order valence-corrected chi connectivity index (χ0v) is 30.1. The number of nitro groups is 1. The topological polar surface area (TPSA) is 183 Å². The number of carbonyl (C=O) groups excluding carboxylic acids is 3. The molecule has 1 N–H and O–H groups in total. The van der Waals surface area contributed by atoms with E-state index in [9.17, 15) is 24.5 Å². The van der Waals surface area contributed by atoms with Crippen LogP contribution in [0.2, 0.25) is 0 Å². The van der Waals surface area contributed by atoms with Gasteiger partial charge in [0.1, 0.15) is 16.8 Å². The van der Waals surface area contributed by atoms with Crippen LogP contribution in [0.15, 0.2) is 16.8 Å². The van der Waals surface area contributed by atoms with Crippen molar-refractivity contribution in [2.45, 2.75) is 105 Å². The molecule has 1 aromatic heterocycles. The number of nitrogens with one attached hydrogen (secondary N) is 1. The van der Waals surface area contributed by atoms with Crippen molar-refractivity contribution in [3.63, 3.8) is 0 Å². The van der Waals surface area contributed by atoms with E-state index in [1.54, 1.807) is 78.2 Å². The SMILES string of the molecule is CN(CCCN(CCCCN(CCCNC(=O)OC(C)(C)C)C(=O)OC(C)(C)C)C(=O)OC(C)(C)C)c1ccc([N+](=O)[O-])c2nonc12. The lowest BCUT2D eigenvalue weighted by atomic mass is 10.2. The number of hydrogen-bond acceptors (Lipinski definition) is 12. The molecule has 0 bridgehead atoms. The molecule has 0 radical (unpaired) electrons. The number of unbranched alkanes of at least 4 members (excludes halogenated alkanes) is 1. The zero-order valence-electron chi connectivity index (χ0n) is 30.1. The molecule has 3 amide bonds. The number of nitrogens with zero attached hydrogens (tertiary/aromatic N) is 6. The van der Waals surface area contributed by atoms with E-state index in [2.05, 4.69) is 15.6 Å². The normalized spacial score (nSPS) is 12.0. The van der Waals surface area contributed by atoms with Crippen LogP contribution >= 0.6 is 0 Å². The van der Waals surface area contributed by atoms with Gasteiger partial charge in [-0.1, -0.05) is 0 Å². The minimum absolute atomic E-state index is 0.0689. The summed E-state index contributed by atoms with van der Waals surface area (Å²) in [6.45, 7) is 18.6. The molecule has 0 aliphatic rings.